The molecule has 1 heterocycles. The Bertz CT molecular complexity index is 985. The molecule has 2 aromatic carbocycles. The van der Waals surface area contributed by atoms with E-state index in [0.717, 1.165) is 22.4 Å². The number of aliphatic hydroxyl groups excluding tert-OH is 2. The molecule has 0 aromatic heterocycles. The fourth-order valence-corrected chi connectivity index (χ4v) is 3.17. The summed E-state index contributed by atoms with van der Waals surface area (Å²) in [6, 6.07) is 14.8. The van der Waals surface area contributed by atoms with Gasteiger partial charge in [0.15, 0.2) is 12.2 Å². The fraction of sp³-hybridized carbons (Fsp3) is 0.273. The van der Waals surface area contributed by atoms with Crippen LogP contribution in [-0.2, 0) is 20.9 Å². The van der Waals surface area contributed by atoms with Crippen molar-refractivity contribution < 1.29 is 44.7 Å². The molecule has 0 fully saturated rings. The maximum absolute atomic E-state index is 12.4. The van der Waals surface area contributed by atoms with Crippen molar-refractivity contribution in [3.63, 3.8) is 0 Å². The summed E-state index contributed by atoms with van der Waals surface area (Å²) < 4.78 is 0. The Kier molecular flexibility index (Phi) is 8.05. The number of anilines is 1. The van der Waals surface area contributed by atoms with E-state index in [9.17, 15) is 24.3 Å². The van der Waals surface area contributed by atoms with E-state index in [1.807, 2.05) is 43.3 Å². The third kappa shape index (κ3) is 5.48. The first kappa shape index (κ1) is 24.5. The number of nitrogens with zero attached hydrogens (tertiary/aromatic N) is 1. The lowest BCUT2D eigenvalue weighted by atomic mass is 9.96. The number of benzene rings is 2. The highest BCUT2D eigenvalue weighted by Crippen LogP contribution is 2.29. The van der Waals surface area contributed by atoms with E-state index in [1.54, 1.807) is 17.0 Å². The molecule has 1 amide bonds. The number of carboxylic acids is 3. The number of hydrogen-bond donors (Lipinski definition) is 5. The van der Waals surface area contributed by atoms with Gasteiger partial charge < -0.3 is 30.4 Å². The SMILES string of the molecule is CC[C@H](C(=O)O)c1ccc(N2Cc3ccccc3C2=O)cc1.O=C(O)C(O)C(O)C(=O)O. The lowest BCUT2D eigenvalue weighted by molar-refractivity contribution is -0.165. The average molecular weight is 445 g/mol. The van der Waals surface area contributed by atoms with Gasteiger partial charge in [-0.1, -0.05) is 37.3 Å². The van der Waals surface area contributed by atoms with Crippen LogP contribution in [0.2, 0.25) is 0 Å². The third-order valence-electron chi connectivity index (χ3n) is 4.94. The number of carboxylic acid groups (broad SMARTS) is 3. The highest BCUT2D eigenvalue weighted by atomic mass is 16.4. The van der Waals surface area contributed by atoms with Crippen LogP contribution in [0.4, 0.5) is 5.69 Å². The van der Waals surface area contributed by atoms with Crippen molar-refractivity contribution in [2.75, 3.05) is 4.90 Å². The predicted octanol–water partition coefficient (Wildman–Crippen LogP) is 1.30. The topological polar surface area (TPSA) is 173 Å². The number of carbonyl (C=O) groups excluding carboxylic acids is 1. The molecule has 0 spiro atoms. The minimum absolute atomic E-state index is 0.00590. The molecule has 0 saturated heterocycles. The van der Waals surface area contributed by atoms with Crippen LogP contribution in [0.3, 0.4) is 0 Å². The normalized spacial score (nSPS) is 15.1. The van der Waals surface area contributed by atoms with Gasteiger partial charge in [-0.05, 0) is 35.7 Å². The molecule has 32 heavy (non-hydrogen) atoms. The fourth-order valence-electron chi connectivity index (χ4n) is 3.17. The molecule has 0 saturated carbocycles. The highest BCUT2D eigenvalue weighted by Gasteiger charge is 2.29. The van der Waals surface area contributed by atoms with Gasteiger partial charge in [-0.15, -0.1) is 0 Å². The molecule has 2 aromatic rings. The maximum Gasteiger partial charge on any atom is 0.335 e. The summed E-state index contributed by atoms with van der Waals surface area (Å²) in [5.74, 6) is -4.86. The largest absolute Gasteiger partial charge is 0.481 e. The van der Waals surface area contributed by atoms with E-state index in [4.69, 9.17) is 20.4 Å². The van der Waals surface area contributed by atoms with Crippen LogP contribution < -0.4 is 4.90 Å². The smallest absolute Gasteiger partial charge is 0.335 e. The molecule has 10 nitrogen and oxygen atoms in total. The van der Waals surface area contributed by atoms with Crippen LogP contribution in [0.1, 0.15) is 40.7 Å². The van der Waals surface area contributed by atoms with Gasteiger partial charge in [-0.25, -0.2) is 9.59 Å². The Morgan fingerprint density at radius 2 is 1.41 bits per heavy atom. The Morgan fingerprint density at radius 3 is 1.84 bits per heavy atom. The van der Waals surface area contributed by atoms with E-state index >= 15 is 0 Å². The van der Waals surface area contributed by atoms with Crippen LogP contribution in [0.5, 0.6) is 0 Å². The van der Waals surface area contributed by atoms with Crippen LogP contribution >= 0.6 is 0 Å². The van der Waals surface area contributed by atoms with Gasteiger partial charge in [0.25, 0.3) is 5.91 Å². The van der Waals surface area contributed by atoms with E-state index in [-0.39, 0.29) is 5.91 Å². The van der Waals surface area contributed by atoms with Crippen molar-refractivity contribution in [2.45, 2.75) is 38.0 Å². The van der Waals surface area contributed by atoms with Gasteiger partial charge in [0.1, 0.15) is 0 Å². The van der Waals surface area contributed by atoms with Crippen LogP contribution in [-0.4, -0.2) is 61.6 Å². The van der Waals surface area contributed by atoms with Gasteiger partial charge in [0.2, 0.25) is 0 Å². The summed E-state index contributed by atoms with van der Waals surface area (Å²) in [6.45, 7) is 2.41. The molecule has 1 aliphatic heterocycles. The van der Waals surface area contributed by atoms with E-state index in [1.165, 1.54) is 0 Å². The molecular weight excluding hydrogens is 422 g/mol. The lowest BCUT2D eigenvalue weighted by Crippen LogP contribution is -2.39. The average Bonchev–Trinajstić information content (AvgIpc) is 3.10. The van der Waals surface area contributed by atoms with Crippen molar-refractivity contribution in [1.82, 2.24) is 0 Å². The van der Waals surface area contributed by atoms with Gasteiger partial charge in [-0.2, -0.15) is 0 Å². The van der Waals surface area contributed by atoms with Crippen molar-refractivity contribution in [1.29, 1.82) is 0 Å². The van der Waals surface area contributed by atoms with E-state index in [2.05, 4.69) is 0 Å². The number of carbonyl (C=O) groups is 4. The van der Waals surface area contributed by atoms with Crippen molar-refractivity contribution >= 4 is 29.5 Å². The standard InChI is InChI=1S/C18H17NO3.C4H6O6/c1-2-15(18(21)22)12-7-9-14(10-8-12)19-11-13-5-3-4-6-16(13)17(19)20;5-1(3(7)8)2(6)4(9)10/h3-10,15H,2,11H2,1H3,(H,21,22);1-2,5-6H,(H,7,8)(H,9,10)/t15-;/m0./s1. The zero-order valence-electron chi connectivity index (χ0n) is 17.1. The van der Waals surface area contributed by atoms with Gasteiger partial charge >= 0.3 is 17.9 Å². The molecule has 1 aliphatic rings. The summed E-state index contributed by atoms with van der Waals surface area (Å²) >= 11 is 0. The maximum atomic E-state index is 12.4. The second-order valence-electron chi connectivity index (χ2n) is 7.01. The van der Waals surface area contributed by atoms with Gasteiger partial charge in [0, 0.05) is 11.3 Å². The monoisotopic (exact) mass is 445 g/mol. The minimum Gasteiger partial charge on any atom is -0.481 e. The zero-order chi connectivity index (χ0) is 24.0. The van der Waals surface area contributed by atoms with Crippen LogP contribution in [0.25, 0.3) is 0 Å². The highest BCUT2D eigenvalue weighted by molar-refractivity contribution is 6.10. The summed E-state index contributed by atoms with van der Waals surface area (Å²) in [7, 11) is 0. The summed E-state index contributed by atoms with van der Waals surface area (Å²) in [4.78, 5) is 44.9. The molecule has 0 aliphatic carbocycles. The lowest BCUT2D eigenvalue weighted by Gasteiger charge is -2.17. The second kappa shape index (κ2) is 10.5. The first-order valence-electron chi connectivity index (χ1n) is 9.62. The number of aliphatic carboxylic acids is 3. The molecule has 2 unspecified atom stereocenters. The molecule has 5 N–H and O–H groups in total. The summed E-state index contributed by atoms with van der Waals surface area (Å²) in [5, 5.41) is 41.7. The quantitative estimate of drug-likeness (QED) is 0.421. The van der Waals surface area contributed by atoms with Gasteiger partial charge in [-0.3, -0.25) is 9.59 Å². The first-order chi connectivity index (χ1) is 15.1. The molecular formula is C22H23NO9. The van der Waals surface area contributed by atoms with Crippen molar-refractivity contribution in [2.24, 2.45) is 0 Å². The Labute approximate surface area is 183 Å². The molecule has 3 atom stereocenters. The predicted molar refractivity (Wildman–Crippen MR) is 111 cm³/mol. The van der Waals surface area contributed by atoms with Crippen LogP contribution in [0.15, 0.2) is 48.5 Å². The van der Waals surface area contributed by atoms with Gasteiger partial charge in [0.05, 0.1) is 12.5 Å². The summed E-state index contributed by atoms with van der Waals surface area (Å²) in [6.07, 6.45) is -3.99. The molecule has 3 rings (SSSR count). The van der Waals surface area contributed by atoms with E-state index < -0.39 is 36.0 Å². The third-order valence-corrected chi connectivity index (χ3v) is 4.94. The molecule has 0 radical (unpaired) electrons. The number of rotatable bonds is 7. The van der Waals surface area contributed by atoms with Crippen LogP contribution in [0, 0.1) is 0 Å². The van der Waals surface area contributed by atoms with Crippen molar-refractivity contribution in [3.8, 4) is 0 Å². The Balaban J connectivity index is 0.000000309. The number of hydrogen-bond acceptors (Lipinski definition) is 6. The number of aliphatic hydroxyl groups is 2. The second-order valence-corrected chi connectivity index (χ2v) is 7.01. The van der Waals surface area contributed by atoms with Crippen molar-refractivity contribution in [3.05, 3.63) is 65.2 Å². The Hall–Kier alpha value is -3.76. The molecule has 10 heteroatoms. The molecule has 170 valence electrons. The zero-order valence-corrected chi connectivity index (χ0v) is 17.1. The number of amides is 1. The summed E-state index contributed by atoms with van der Waals surface area (Å²) in [5.41, 5.74) is 3.32. The minimum atomic E-state index is -2.27. The Morgan fingerprint density at radius 1 is 0.875 bits per heavy atom. The molecule has 0 bridgehead atoms. The number of fused-ring (bicyclic) bond motifs is 1. The first-order valence-corrected chi connectivity index (χ1v) is 9.62. The van der Waals surface area contributed by atoms with E-state index in [0.29, 0.717) is 13.0 Å².